The minimum absolute atomic E-state index is 0. The van der Waals surface area contributed by atoms with E-state index < -0.39 is 5.60 Å². The highest BCUT2D eigenvalue weighted by Crippen LogP contribution is 2.27. The van der Waals surface area contributed by atoms with Crippen LogP contribution < -0.4 is 20.1 Å². The van der Waals surface area contributed by atoms with Gasteiger partial charge in [0.05, 0.1) is 20.8 Å². The summed E-state index contributed by atoms with van der Waals surface area (Å²) in [5, 5.41) is 6.42. The number of methoxy groups -OCH3 is 2. The van der Waals surface area contributed by atoms with Gasteiger partial charge in [0.2, 0.25) is 0 Å². The highest BCUT2D eigenvalue weighted by atomic mass is 127. The lowest BCUT2D eigenvalue weighted by atomic mass is 10.2. The Morgan fingerprint density at radius 3 is 2.34 bits per heavy atom. The van der Waals surface area contributed by atoms with Gasteiger partial charge < -0.3 is 29.7 Å². The van der Waals surface area contributed by atoms with E-state index in [1.165, 1.54) is 4.90 Å². The highest BCUT2D eigenvalue weighted by molar-refractivity contribution is 14.0. The number of carbonyl (C=O) groups excluding carboxylic acids is 1. The predicted octanol–water partition coefficient (Wildman–Crippen LogP) is 3.24. The first-order chi connectivity index (χ1) is 13.2. The normalized spacial score (nSPS) is 11.2. The predicted molar refractivity (Wildman–Crippen MR) is 127 cm³/mol. The third-order valence-corrected chi connectivity index (χ3v) is 3.66. The first-order valence-corrected chi connectivity index (χ1v) is 9.37. The quantitative estimate of drug-likeness (QED) is 0.310. The minimum atomic E-state index is -0.505. The first kappa shape index (κ1) is 27.1. The molecule has 2 N–H and O–H groups in total. The van der Waals surface area contributed by atoms with Crippen LogP contribution >= 0.6 is 24.0 Å². The molecule has 9 heteroatoms. The second kappa shape index (κ2) is 13.3. The van der Waals surface area contributed by atoms with Crippen molar-refractivity contribution < 1.29 is 19.0 Å². The molecule has 1 aromatic rings. The van der Waals surface area contributed by atoms with Crippen LogP contribution in [-0.2, 0) is 11.3 Å². The molecule has 0 fully saturated rings. The van der Waals surface area contributed by atoms with Gasteiger partial charge in [-0.15, -0.1) is 24.0 Å². The van der Waals surface area contributed by atoms with E-state index in [4.69, 9.17) is 14.2 Å². The molecule has 8 nitrogen and oxygen atoms in total. The zero-order valence-corrected chi connectivity index (χ0v) is 20.8. The summed E-state index contributed by atoms with van der Waals surface area (Å²) in [6, 6.07) is 5.71. The molecule has 0 aliphatic rings. The summed E-state index contributed by atoms with van der Waals surface area (Å²) in [4.78, 5) is 18.1. The lowest BCUT2D eigenvalue weighted by Crippen LogP contribution is -2.43. The van der Waals surface area contributed by atoms with Crippen LogP contribution in [0.2, 0.25) is 0 Å². The number of halogens is 1. The monoisotopic (exact) mass is 522 g/mol. The molecule has 0 spiro atoms. The topological polar surface area (TPSA) is 84.4 Å². The van der Waals surface area contributed by atoms with Gasteiger partial charge in [-0.05, 0) is 45.4 Å². The fourth-order valence-corrected chi connectivity index (χ4v) is 2.26. The molecule has 29 heavy (non-hydrogen) atoms. The molecular weight excluding hydrogens is 487 g/mol. The molecule has 0 radical (unpaired) electrons. The summed E-state index contributed by atoms with van der Waals surface area (Å²) in [5.74, 6) is 2.03. The average molecular weight is 522 g/mol. The van der Waals surface area contributed by atoms with Crippen molar-refractivity contribution in [3.8, 4) is 11.5 Å². The van der Waals surface area contributed by atoms with Crippen molar-refractivity contribution in [2.24, 2.45) is 4.99 Å². The Hall–Kier alpha value is -1.91. The van der Waals surface area contributed by atoms with Gasteiger partial charge in [0, 0.05) is 26.7 Å². The maximum Gasteiger partial charge on any atom is 0.410 e. The van der Waals surface area contributed by atoms with Crippen molar-refractivity contribution in [3.05, 3.63) is 23.8 Å². The summed E-state index contributed by atoms with van der Waals surface area (Å²) in [7, 11) is 4.93. The molecule has 1 rings (SSSR count). The second-order valence-electron chi connectivity index (χ2n) is 7.21. The standard InChI is InChI=1S/C20H34N4O4.HI/c1-8-21-18(22-11-12-24(5)19(25)28-20(2,3)4)23-14-15-9-10-16(26-6)17(13-15)27-7;/h9-10,13H,8,11-12,14H2,1-7H3,(H2,21,22,23);1H. The van der Waals surface area contributed by atoms with Crippen LogP contribution in [0.25, 0.3) is 0 Å². The van der Waals surface area contributed by atoms with Gasteiger partial charge >= 0.3 is 6.09 Å². The third-order valence-electron chi connectivity index (χ3n) is 3.66. The van der Waals surface area contributed by atoms with Crippen LogP contribution in [0, 0.1) is 0 Å². The van der Waals surface area contributed by atoms with Crippen molar-refractivity contribution in [1.29, 1.82) is 0 Å². The Balaban J connectivity index is 0.00000784. The van der Waals surface area contributed by atoms with Crippen molar-refractivity contribution >= 4 is 36.0 Å². The molecule has 1 aromatic carbocycles. The van der Waals surface area contributed by atoms with E-state index in [0.717, 1.165) is 12.1 Å². The van der Waals surface area contributed by atoms with Gasteiger partial charge in [0.25, 0.3) is 0 Å². The molecule has 0 atom stereocenters. The Morgan fingerprint density at radius 1 is 1.14 bits per heavy atom. The second-order valence-corrected chi connectivity index (χ2v) is 7.21. The number of aliphatic imine (C=N–C) groups is 1. The van der Waals surface area contributed by atoms with Gasteiger partial charge in [-0.3, -0.25) is 0 Å². The molecule has 0 aliphatic heterocycles. The number of guanidine groups is 1. The van der Waals surface area contributed by atoms with Gasteiger partial charge in [-0.2, -0.15) is 0 Å². The third kappa shape index (κ3) is 10.4. The number of benzene rings is 1. The Labute approximate surface area is 191 Å². The number of likely N-dealkylation sites (N-methyl/N-ethyl adjacent to an activating group) is 1. The Kier molecular flexibility index (Phi) is 12.5. The van der Waals surface area contributed by atoms with Crippen LogP contribution in [0.3, 0.4) is 0 Å². The van der Waals surface area contributed by atoms with E-state index in [1.807, 2.05) is 45.9 Å². The van der Waals surface area contributed by atoms with Crippen molar-refractivity contribution in [3.63, 3.8) is 0 Å². The maximum absolute atomic E-state index is 12.0. The summed E-state index contributed by atoms with van der Waals surface area (Å²) < 4.78 is 15.9. The average Bonchev–Trinajstić information content (AvgIpc) is 2.64. The molecule has 166 valence electrons. The first-order valence-electron chi connectivity index (χ1n) is 9.37. The summed E-state index contributed by atoms with van der Waals surface area (Å²) in [5.41, 5.74) is 0.495. The number of nitrogens with one attached hydrogen (secondary N) is 2. The lowest BCUT2D eigenvalue weighted by Gasteiger charge is -2.24. The minimum Gasteiger partial charge on any atom is -0.493 e. The fourth-order valence-electron chi connectivity index (χ4n) is 2.26. The molecule has 0 bridgehead atoms. The number of hydrogen-bond donors (Lipinski definition) is 2. The summed E-state index contributed by atoms with van der Waals surface area (Å²) >= 11 is 0. The van der Waals surface area contributed by atoms with Crippen molar-refractivity contribution in [2.45, 2.75) is 39.8 Å². The van der Waals surface area contributed by atoms with Gasteiger partial charge in [0.15, 0.2) is 17.5 Å². The van der Waals surface area contributed by atoms with Crippen LogP contribution in [-0.4, -0.2) is 63.5 Å². The smallest absolute Gasteiger partial charge is 0.410 e. The van der Waals surface area contributed by atoms with Gasteiger partial charge in [0.1, 0.15) is 5.60 Å². The number of carbonyl (C=O) groups is 1. The lowest BCUT2D eigenvalue weighted by molar-refractivity contribution is 0.0302. The van der Waals surface area contributed by atoms with Crippen LogP contribution in [0.4, 0.5) is 4.79 Å². The van der Waals surface area contributed by atoms with Crippen molar-refractivity contribution in [1.82, 2.24) is 15.5 Å². The molecule has 0 unspecified atom stereocenters. The zero-order valence-electron chi connectivity index (χ0n) is 18.5. The maximum atomic E-state index is 12.0. The Bertz CT molecular complexity index is 662. The molecule has 0 aliphatic carbocycles. The molecule has 0 saturated carbocycles. The van der Waals surface area contributed by atoms with E-state index in [0.29, 0.717) is 37.1 Å². The molecular formula is C20H35IN4O4. The van der Waals surface area contributed by atoms with E-state index in [-0.39, 0.29) is 30.1 Å². The zero-order chi connectivity index (χ0) is 21.2. The molecule has 0 heterocycles. The summed E-state index contributed by atoms with van der Waals surface area (Å²) in [6.07, 6.45) is -0.346. The summed E-state index contributed by atoms with van der Waals surface area (Å²) in [6.45, 7) is 9.81. The van der Waals surface area contributed by atoms with Crippen LogP contribution in [0.5, 0.6) is 11.5 Å². The van der Waals surface area contributed by atoms with Gasteiger partial charge in [-0.25, -0.2) is 9.79 Å². The van der Waals surface area contributed by atoms with E-state index in [2.05, 4.69) is 15.6 Å². The molecule has 1 amide bonds. The number of rotatable bonds is 8. The SMILES string of the molecule is CCNC(=NCc1ccc(OC)c(OC)c1)NCCN(C)C(=O)OC(C)(C)C.I. The van der Waals surface area contributed by atoms with Crippen LogP contribution in [0.1, 0.15) is 33.3 Å². The number of hydrogen-bond acceptors (Lipinski definition) is 5. The fraction of sp³-hybridized carbons (Fsp3) is 0.600. The van der Waals surface area contributed by atoms with E-state index in [1.54, 1.807) is 21.3 Å². The van der Waals surface area contributed by atoms with Gasteiger partial charge in [-0.1, -0.05) is 6.07 Å². The molecule has 0 aromatic heterocycles. The number of amides is 1. The number of ether oxygens (including phenoxy) is 3. The largest absolute Gasteiger partial charge is 0.493 e. The number of nitrogens with zero attached hydrogens (tertiary/aromatic N) is 2. The highest BCUT2D eigenvalue weighted by Gasteiger charge is 2.19. The Morgan fingerprint density at radius 2 is 1.79 bits per heavy atom. The van der Waals surface area contributed by atoms with E-state index in [9.17, 15) is 4.79 Å². The molecule has 0 saturated heterocycles. The van der Waals surface area contributed by atoms with E-state index >= 15 is 0 Å². The van der Waals surface area contributed by atoms with Crippen LogP contribution in [0.15, 0.2) is 23.2 Å². The van der Waals surface area contributed by atoms with Crippen molar-refractivity contribution in [2.75, 3.05) is 40.9 Å².